The second kappa shape index (κ2) is 7.81. The van der Waals surface area contributed by atoms with Crippen LogP contribution in [0.1, 0.15) is 40.0 Å². The lowest BCUT2D eigenvalue weighted by Gasteiger charge is -2.19. The quantitative estimate of drug-likeness (QED) is 0.549. The number of pyridine rings is 1. The van der Waals surface area contributed by atoms with E-state index in [9.17, 15) is 4.79 Å². The molecule has 0 saturated heterocycles. The van der Waals surface area contributed by atoms with Crippen molar-refractivity contribution in [2.75, 3.05) is 0 Å². The SMILES string of the molecule is Cc1ccc(CN)cc1C(=O)NC(C)c1cc(-n2cnnc2)nc2ccccc12. The molecule has 1 amide bonds. The summed E-state index contributed by atoms with van der Waals surface area (Å²) in [5, 5.41) is 11.8. The zero-order valence-corrected chi connectivity index (χ0v) is 16.3. The Bertz CT molecular complexity index is 1170. The van der Waals surface area contributed by atoms with Crippen LogP contribution < -0.4 is 11.1 Å². The van der Waals surface area contributed by atoms with E-state index in [4.69, 9.17) is 10.7 Å². The van der Waals surface area contributed by atoms with Crippen LogP contribution in [0.4, 0.5) is 0 Å². The predicted molar refractivity (Wildman–Crippen MR) is 112 cm³/mol. The van der Waals surface area contributed by atoms with Gasteiger partial charge in [-0.25, -0.2) is 4.98 Å². The van der Waals surface area contributed by atoms with Gasteiger partial charge in [-0.2, -0.15) is 0 Å². The molecular formula is C22H22N6O. The third-order valence-electron chi connectivity index (χ3n) is 5.01. The molecule has 29 heavy (non-hydrogen) atoms. The number of nitrogens with one attached hydrogen (secondary N) is 1. The molecule has 7 heteroatoms. The number of carbonyl (C=O) groups is 1. The number of aryl methyl sites for hydroxylation is 1. The monoisotopic (exact) mass is 386 g/mol. The van der Waals surface area contributed by atoms with E-state index in [1.165, 1.54) is 0 Å². The van der Waals surface area contributed by atoms with E-state index in [0.29, 0.717) is 17.9 Å². The van der Waals surface area contributed by atoms with Gasteiger partial charge in [-0.3, -0.25) is 9.36 Å². The minimum atomic E-state index is -0.230. The van der Waals surface area contributed by atoms with Crippen LogP contribution >= 0.6 is 0 Å². The van der Waals surface area contributed by atoms with Crippen molar-refractivity contribution in [2.45, 2.75) is 26.4 Å². The van der Waals surface area contributed by atoms with Crippen LogP contribution in [0.5, 0.6) is 0 Å². The van der Waals surface area contributed by atoms with Gasteiger partial charge in [0.15, 0.2) is 0 Å². The zero-order valence-electron chi connectivity index (χ0n) is 16.3. The average Bonchev–Trinajstić information content (AvgIpc) is 3.28. The molecule has 2 aromatic heterocycles. The lowest BCUT2D eigenvalue weighted by Crippen LogP contribution is -2.27. The molecule has 0 bridgehead atoms. The molecule has 0 saturated carbocycles. The Morgan fingerprint density at radius 1 is 1.14 bits per heavy atom. The van der Waals surface area contributed by atoms with Crippen LogP contribution in [0.3, 0.4) is 0 Å². The Balaban J connectivity index is 1.71. The third kappa shape index (κ3) is 3.72. The number of nitrogens with two attached hydrogens (primary N) is 1. The van der Waals surface area contributed by atoms with E-state index >= 15 is 0 Å². The fourth-order valence-electron chi connectivity index (χ4n) is 3.39. The molecule has 7 nitrogen and oxygen atoms in total. The van der Waals surface area contributed by atoms with Crippen molar-refractivity contribution in [3.05, 3.63) is 83.4 Å². The molecule has 0 aliphatic carbocycles. The lowest BCUT2D eigenvalue weighted by molar-refractivity contribution is 0.0939. The van der Waals surface area contributed by atoms with Gasteiger partial charge in [0, 0.05) is 17.5 Å². The first-order valence-electron chi connectivity index (χ1n) is 9.42. The number of amides is 1. The Morgan fingerprint density at radius 3 is 2.66 bits per heavy atom. The number of hydrogen-bond acceptors (Lipinski definition) is 5. The summed E-state index contributed by atoms with van der Waals surface area (Å²) < 4.78 is 1.75. The highest BCUT2D eigenvalue weighted by atomic mass is 16.1. The van der Waals surface area contributed by atoms with E-state index in [0.717, 1.165) is 27.6 Å². The van der Waals surface area contributed by atoms with Gasteiger partial charge < -0.3 is 11.1 Å². The lowest BCUT2D eigenvalue weighted by atomic mass is 10.0. The number of para-hydroxylation sites is 1. The average molecular weight is 386 g/mol. The fourth-order valence-corrected chi connectivity index (χ4v) is 3.39. The maximum atomic E-state index is 13.0. The largest absolute Gasteiger partial charge is 0.345 e. The van der Waals surface area contributed by atoms with Crippen molar-refractivity contribution in [1.82, 2.24) is 25.1 Å². The topological polar surface area (TPSA) is 98.7 Å². The summed E-state index contributed by atoms with van der Waals surface area (Å²) in [7, 11) is 0. The normalized spacial score (nSPS) is 12.1. The van der Waals surface area contributed by atoms with E-state index in [1.807, 2.05) is 62.4 Å². The second-order valence-corrected chi connectivity index (χ2v) is 7.00. The molecule has 1 unspecified atom stereocenters. The van der Waals surface area contributed by atoms with Crippen molar-refractivity contribution in [2.24, 2.45) is 5.73 Å². The summed E-state index contributed by atoms with van der Waals surface area (Å²) in [6, 6.07) is 15.3. The first-order chi connectivity index (χ1) is 14.1. The summed E-state index contributed by atoms with van der Waals surface area (Å²) in [6.07, 6.45) is 3.21. The maximum Gasteiger partial charge on any atom is 0.252 e. The summed E-state index contributed by atoms with van der Waals surface area (Å²) >= 11 is 0. The summed E-state index contributed by atoms with van der Waals surface area (Å²) in [5.74, 6) is 0.572. The van der Waals surface area contributed by atoms with Crippen LogP contribution in [0, 0.1) is 6.92 Å². The van der Waals surface area contributed by atoms with Crippen LogP contribution in [-0.4, -0.2) is 25.7 Å². The van der Waals surface area contributed by atoms with E-state index < -0.39 is 0 Å². The number of rotatable bonds is 5. The molecule has 4 rings (SSSR count). The number of aromatic nitrogens is 4. The van der Waals surface area contributed by atoms with Gasteiger partial charge in [0.25, 0.3) is 5.91 Å². The van der Waals surface area contributed by atoms with Gasteiger partial charge in [0.05, 0.1) is 11.6 Å². The molecule has 1 atom stereocenters. The number of carbonyl (C=O) groups excluding carboxylic acids is 1. The minimum absolute atomic E-state index is 0.128. The van der Waals surface area contributed by atoms with Gasteiger partial charge in [0.1, 0.15) is 18.5 Å². The second-order valence-electron chi connectivity index (χ2n) is 7.00. The van der Waals surface area contributed by atoms with Crippen LogP contribution in [0.2, 0.25) is 0 Å². The zero-order chi connectivity index (χ0) is 20.4. The minimum Gasteiger partial charge on any atom is -0.345 e. The highest BCUT2D eigenvalue weighted by Gasteiger charge is 2.17. The van der Waals surface area contributed by atoms with Crippen molar-refractivity contribution < 1.29 is 4.79 Å². The molecule has 0 aliphatic heterocycles. The smallest absolute Gasteiger partial charge is 0.252 e. The number of hydrogen-bond donors (Lipinski definition) is 2. The van der Waals surface area contributed by atoms with E-state index in [-0.39, 0.29) is 11.9 Å². The summed E-state index contributed by atoms with van der Waals surface area (Å²) in [6.45, 7) is 4.29. The number of fused-ring (bicyclic) bond motifs is 1. The van der Waals surface area contributed by atoms with Gasteiger partial charge in [0.2, 0.25) is 0 Å². The van der Waals surface area contributed by atoms with Crippen LogP contribution in [0.25, 0.3) is 16.7 Å². The van der Waals surface area contributed by atoms with Gasteiger partial charge in [-0.05, 0) is 48.7 Å². The molecule has 0 radical (unpaired) electrons. The predicted octanol–water partition coefficient (Wildman–Crippen LogP) is 3.07. The first kappa shape index (κ1) is 18.8. The fraction of sp³-hybridized carbons (Fsp3) is 0.182. The Labute approximate surface area is 168 Å². The Morgan fingerprint density at radius 2 is 1.90 bits per heavy atom. The van der Waals surface area contributed by atoms with Gasteiger partial charge >= 0.3 is 0 Å². The van der Waals surface area contributed by atoms with E-state index in [2.05, 4.69) is 15.5 Å². The first-order valence-corrected chi connectivity index (χ1v) is 9.42. The number of benzene rings is 2. The summed E-state index contributed by atoms with van der Waals surface area (Å²) in [5.41, 5.74) is 10.0. The third-order valence-corrected chi connectivity index (χ3v) is 5.01. The maximum absolute atomic E-state index is 13.0. The van der Waals surface area contributed by atoms with Gasteiger partial charge in [-0.1, -0.05) is 30.3 Å². The van der Waals surface area contributed by atoms with Crippen LogP contribution in [0.15, 0.2) is 61.2 Å². The van der Waals surface area contributed by atoms with Gasteiger partial charge in [-0.15, -0.1) is 10.2 Å². The molecule has 146 valence electrons. The molecule has 4 aromatic rings. The molecule has 2 heterocycles. The van der Waals surface area contributed by atoms with Crippen molar-refractivity contribution >= 4 is 16.8 Å². The molecule has 0 fully saturated rings. The molecule has 0 spiro atoms. The van der Waals surface area contributed by atoms with E-state index in [1.54, 1.807) is 17.2 Å². The van der Waals surface area contributed by atoms with Crippen molar-refractivity contribution in [1.29, 1.82) is 0 Å². The van der Waals surface area contributed by atoms with Crippen LogP contribution in [-0.2, 0) is 6.54 Å². The standard InChI is InChI=1S/C22H22N6O/c1-14-7-8-16(11-23)9-18(14)22(29)26-15(2)19-10-21(28-12-24-25-13-28)27-20-6-4-3-5-17(19)20/h3-10,12-13,15H,11,23H2,1-2H3,(H,26,29). The Hall–Kier alpha value is -3.58. The Kier molecular flexibility index (Phi) is 5.05. The van der Waals surface area contributed by atoms with Crippen molar-refractivity contribution in [3.8, 4) is 5.82 Å². The summed E-state index contributed by atoms with van der Waals surface area (Å²) in [4.78, 5) is 17.7. The molecule has 0 aliphatic rings. The molecule has 2 aromatic carbocycles. The highest BCUT2D eigenvalue weighted by molar-refractivity contribution is 5.96. The molecule has 3 N–H and O–H groups in total. The molecular weight excluding hydrogens is 364 g/mol. The van der Waals surface area contributed by atoms with Crippen molar-refractivity contribution in [3.63, 3.8) is 0 Å². The highest BCUT2D eigenvalue weighted by Crippen LogP contribution is 2.26. The number of nitrogens with zero attached hydrogens (tertiary/aromatic N) is 4.